The van der Waals surface area contributed by atoms with Gasteiger partial charge < -0.3 is 0 Å². The van der Waals surface area contributed by atoms with Gasteiger partial charge >= 0.3 is 6.18 Å². The predicted molar refractivity (Wildman–Crippen MR) is 74.5 cm³/mol. The van der Waals surface area contributed by atoms with Crippen molar-refractivity contribution in [3.8, 4) is 0 Å². The molecule has 22 heavy (non-hydrogen) atoms. The van der Waals surface area contributed by atoms with Crippen LogP contribution in [-0.2, 0) is 6.18 Å². The second-order valence-corrected chi connectivity index (χ2v) is 5.36. The molecule has 0 aliphatic heterocycles. The number of hydrogen-bond donors (Lipinski definition) is 1. The molecule has 3 rings (SSSR count). The first-order valence-corrected chi connectivity index (χ1v) is 6.71. The standard InChI is InChI=1S/C14H12F3N3O2/c15-14(16,17)9-4-5-11(13(7-9)20(21)22)18-19-12-6-8-2-1-3-10(8)12/h1,3-5,7-8,10,18H,2,6H2/b19-12-/t8-,10+/m0/s1. The fourth-order valence-corrected chi connectivity index (χ4v) is 2.75. The lowest BCUT2D eigenvalue weighted by Gasteiger charge is -2.31. The highest BCUT2D eigenvalue weighted by molar-refractivity contribution is 5.95. The average Bonchev–Trinajstić information content (AvgIpc) is 2.79. The van der Waals surface area contributed by atoms with Gasteiger partial charge in [-0.15, -0.1) is 0 Å². The fourth-order valence-electron chi connectivity index (χ4n) is 2.75. The zero-order chi connectivity index (χ0) is 15.9. The Morgan fingerprint density at radius 1 is 1.36 bits per heavy atom. The van der Waals surface area contributed by atoms with Crippen LogP contribution in [0.25, 0.3) is 0 Å². The number of nitro benzene ring substituents is 1. The Morgan fingerprint density at radius 3 is 2.77 bits per heavy atom. The lowest BCUT2D eigenvalue weighted by Crippen LogP contribution is -2.33. The lowest BCUT2D eigenvalue weighted by atomic mass is 9.74. The number of allylic oxidation sites excluding steroid dienone is 2. The molecule has 0 heterocycles. The van der Waals surface area contributed by atoms with Gasteiger partial charge in [0.25, 0.3) is 5.69 Å². The molecule has 0 aromatic heterocycles. The minimum atomic E-state index is -4.62. The summed E-state index contributed by atoms with van der Waals surface area (Å²) in [6.45, 7) is 0. The van der Waals surface area contributed by atoms with Crippen molar-refractivity contribution in [3.05, 3.63) is 46.0 Å². The Kier molecular flexibility index (Phi) is 3.38. The van der Waals surface area contributed by atoms with Crippen molar-refractivity contribution in [3.63, 3.8) is 0 Å². The summed E-state index contributed by atoms with van der Waals surface area (Å²) in [5, 5.41) is 15.1. The summed E-state index contributed by atoms with van der Waals surface area (Å²) in [5.74, 6) is 0.796. The predicted octanol–water partition coefficient (Wildman–Crippen LogP) is 3.98. The summed E-state index contributed by atoms with van der Waals surface area (Å²) >= 11 is 0. The molecule has 1 fully saturated rings. The van der Waals surface area contributed by atoms with Gasteiger partial charge in [-0.25, -0.2) is 0 Å². The second kappa shape index (κ2) is 5.11. The van der Waals surface area contributed by atoms with Crippen LogP contribution in [0.5, 0.6) is 0 Å². The summed E-state index contributed by atoms with van der Waals surface area (Å²) in [7, 11) is 0. The zero-order valence-corrected chi connectivity index (χ0v) is 11.3. The van der Waals surface area contributed by atoms with E-state index in [9.17, 15) is 23.3 Å². The maximum atomic E-state index is 12.6. The third-order valence-corrected chi connectivity index (χ3v) is 3.99. The van der Waals surface area contributed by atoms with E-state index in [2.05, 4.69) is 16.6 Å². The highest BCUT2D eigenvalue weighted by Crippen LogP contribution is 2.41. The zero-order valence-electron chi connectivity index (χ0n) is 11.3. The molecule has 8 heteroatoms. The van der Waals surface area contributed by atoms with Crippen LogP contribution in [0.1, 0.15) is 18.4 Å². The number of nitrogens with zero attached hydrogens (tertiary/aromatic N) is 2. The normalized spacial score (nSPS) is 25.0. The third-order valence-electron chi connectivity index (χ3n) is 3.99. The number of rotatable bonds is 3. The number of halogens is 3. The van der Waals surface area contributed by atoms with Crippen molar-refractivity contribution in [2.75, 3.05) is 5.43 Å². The van der Waals surface area contributed by atoms with Crippen LogP contribution in [0.2, 0.25) is 0 Å². The van der Waals surface area contributed by atoms with Crippen molar-refractivity contribution < 1.29 is 18.1 Å². The first-order chi connectivity index (χ1) is 10.4. The Bertz CT molecular complexity index is 682. The molecule has 0 radical (unpaired) electrons. The average molecular weight is 311 g/mol. The van der Waals surface area contributed by atoms with Gasteiger partial charge in [0.2, 0.25) is 0 Å². The molecule has 2 aliphatic carbocycles. The molecule has 0 spiro atoms. The van der Waals surface area contributed by atoms with Gasteiger partial charge in [0, 0.05) is 17.7 Å². The Balaban J connectivity index is 1.83. The maximum Gasteiger partial charge on any atom is 0.416 e. The van der Waals surface area contributed by atoms with E-state index >= 15 is 0 Å². The molecule has 5 nitrogen and oxygen atoms in total. The van der Waals surface area contributed by atoms with Crippen LogP contribution in [0, 0.1) is 22.0 Å². The maximum absolute atomic E-state index is 12.6. The van der Waals surface area contributed by atoms with Crippen molar-refractivity contribution >= 4 is 17.1 Å². The largest absolute Gasteiger partial charge is 0.416 e. The van der Waals surface area contributed by atoms with Gasteiger partial charge in [0.15, 0.2) is 0 Å². The quantitative estimate of drug-likeness (QED) is 0.521. The van der Waals surface area contributed by atoms with Crippen LogP contribution in [0.15, 0.2) is 35.5 Å². The van der Waals surface area contributed by atoms with Gasteiger partial charge in [0.05, 0.1) is 10.5 Å². The van der Waals surface area contributed by atoms with E-state index in [1.807, 2.05) is 6.08 Å². The molecule has 2 aliphatic rings. The molecule has 0 unspecified atom stereocenters. The van der Waals surface area contributed by atoms with Gasteiger partial charge in [-0.2, -0.15) is 18.3 Å². The molecule has 0 amide bonds. The summed E-state index contributed by atoms with van der Waals surface area (Å²) < 4.78 is 37.8. The summed E-state index contributed by atoms with van der Waals surface area (Å²) in [4.78, 5) is 10.1. The van der Waals surface area contributed by atoms with E-state index in [-0.39, 0.29) is 11.6 Å². The fraction of sp³-hybridized carbons (Fsp3) is 0.357. The molecular weight excluding hydrogens is 299 g/mol. The van der Waals surface area contributed by atoms with Crippen LogP contribution in [0.3, 0.4) is 0 Å². The molecule has 0 saturated heterocycles. The Labute approximate surface area is 123 Å². The third kappa shape index (κ3) is 2.56. The molecule has 2 atom stereocenters. The van der Waals surface area contributed by atoms with Crippen molar-refractivity contribution in [2.24, 2.45) is 16.9 Å². The van der Waals surface area contributed by atoms with Gasteiger partial charge in [-0.05, 0) is 30.9 Å². The molecule has 1 aromatic carbocycles. The lowest BCUT2D eigenvalue weighted by molar-refractivity contribution is -0.384. The summed E-state index contributed by atoms with van der Waals surface area (Å²) in [6.07, 6.45) is 1.29. The number of hydrogen-bond acceptors (Lipinski definition) is 4. The highest BCUT2D eigenvalue weighted by Gasteiger charge is 2.38. The number of nitro groups is 1. The van der Waals surface area contributed by atoms with E-state index in [4.69, 9.17) is 0 Å². The first kappa shape index (κ1) is 14.6. The Morgan fingerprint density at radius 2 is 2.14 bits per heavy atom. The minimum Gasteiger partial charge on any atom is -0.272 e. The molecule has 1 aromatic rings. The van der Waals surface area contributed by atoms with Crippen molar-refractivity contribution in [2.45, 2.75) is 19.0 Å². The van der Waals surface area contributed by atoms with Crippen LogP contribution in [-0.4, -0.2) is 10.6 Å². The van der Waals surface area contributed by atoms with Crippen LogP contribution in [0.4, 0.5) is 24.5 Å². The molecule has 116 valence electrons. The number of benzene rings is 1. The number of nitrogens with one attached hydrogen (secondary N) is 1. The molecule has 1 N–H and O–H groups in total. The number of fused-ring (bicyclic) bond motifs is 1. The van der Waals surface area contributed by atoms with E-state index < -0.39 is 22.4 Å². The van der Waals surface area contributed by atoms with Crippen LogP contribution >= 0.6 is 0 Å². The first-order valence-electron chi connectivity index (χ1n) is 6.71. The SMILES string of the molecule is O=[N+]([O-])c1cc(C(F)(F)F)ccc1N/N=C1/C[C@@H]2CC=C[C@@H]12. The minimum absolute atomic E-state index is 0.0454. The van der Waals surface area contributed by atoms with Crippen LogP contribution < -0.4 is 5.43 Å². The van der Waals surface area contributed by atoms with Gasteiger partial charge in [-0.1, -0.05) is 12.2 Å². The van der Waals surface area contributed by atoms with E-state index in [0.717, 1.165) is 30.7 Å². The molecule has 0 bridgehead atoms. The van der Waals surface area contributed by atoms with Gasteiger partial charge in [0.1, 0.15) is 5.69 Å². The van der Waals surface area contributed by atoms with Gasteiger partial charge in [-0.3, -0.25) is 15.5 Å². The Hall–Kier alpha value is -2.38. The number of anilines is 1. The summed E-state index contributed by atoms with van der Waals surface area (Å²) in [6, 6.07) is 2.35. The second-order valence-electron chi connectivity index (χ2n) is 5.36. The van der Waals surface area contributed by atoms with E-state index in [0.29, 0.717) is 12.0 Å². The number of hydrazone groups is 1. The van der Waals surface area contributed by atoms with E-state index in [1.54, 1.807) is 0 Å². The number of alkyl halides is 3. The topological polar surface area (TPSA) is 67.5 Å². The van der Waals surface area contributed by atoms with Crippen molar-refractivity contribution in [1.29, 1.82) is 0 Å². The monoisotopic (exact) mass is 311 g/mol. The highest BCUT2D eigenvalue weighted by atomic mass is 19.4. The van der Waals surface area contributed by atoms with E-state index in [1.165, 1.54) is 0 Å². The summed E-state index contributed by atoms with van der Waals surface area (Å²) in [5.41, 5.74) is 1.66. The van der Waals surface area contributed by atoms with Crippen molar-refractivity contribution in [1.82, 2.24) is 0 Å². The molecular formula is C14H12F3N3O2. The smallest absolute Gasteiger partial charge is 0.272 e. The molecule has 1 saturated carbocycles.